The summed E-state index contributed by atoms with van der Waals surface area (Å²) >= 11 is 0. The van der Waals surface area contributed by atoms with Gasteiger partial charge in [0.1, 0.15) is 0 Å². The van der Waals surface area contributed by atoms with Crippen LogP contribution in [-0.2, 0) is 6.42 Å². The molecular weight excluding hydrogens is 479 g/mol. The highest BCUT2D eigenvalue weighted by Crippen LogP contribution is 2.27. The molecule has 0 radical (unpaired) electrons. The summed E-state index contributed by atoms with van der Waals surface area (Å²) in [6.07, 6.45) is 4.67. The van der Waals surface area contributed by atoms with E-state index in [9.17, 15) is 0 Å². The molecule has 1 heterocycles. The molecule has 0 bridgehead atoms. The number of hydrogen-bond donors (Lipinski definition) is 2. The Kier molecular flexibility index (Phi) is 13.1. The van der Waals surface area contributed by atoms with E-state index in [4.69, 9.17) is 14.5 Å². The predicted octanol–water partition coefficient (Wildman–Crippen LogP) is 3.54. The molecule has 0 aliphatic carbocycles. The molecule has 0 amide bonds. The van der Waals surface area contributed by atoms with Crippen LogP contribution in [0.2, 0.25) is 0 Å². The van der Waals surface area contributed by atoms with Gasteiger partial charge < -0.3 is 25.0 Å². The van der Waals surface area contributed by atoms with Gasteiger partial charge in [0.25, 0.3) is 0 Å². The summed E-state index contributed by atoms with van der Waals surface area (Å²) in [6, 6.07) is 6.07. The summed E-state index contributed by atoms with van der Waals surface area (Å²) in [5.74, 6) is 3.16. The topological polar surface area (TPSA) is 58.1 Å². The third kappa shape index (κ3) is 8.99. The second-order valence-electron chi connectivity index (χ2n) is 7.37. The Morgan fingerprint density at radius 2 is 1.83 bits per heavy atom. The van der Waals surface area contributed by atoms with Gasteiger partial charge in [-0.25, -0.2) is 0 Å². The van der Waals surface area contributed by atoms with E-state index in [1.165, 1.54) is 44.5 Å². The van der Waals surface area contributed by atoms with Crippen molar-refractivity contribution in [2.24, 2.45) is 10.9 Å². The number of benzene rings is 1. The van der Waals surface area contributed by atoms with Crippen molar-refractivity contribution >= 4 is 29.9 Å². The van der Waals surface area contributed by atoms with Crippen molar-refractivity contribution in [1.29, 1.82) is 0 Å². The van der Waals surface area contributed by atoms with Crippen molar-refractivity contribution in [1.82, 2.24) is 15.5 Å². The zero-order valence-corrected chi connectivity index (χ0v) is 20.8. The zero-order valence-electron chi connectivity index (χ0n) is 18.5. The van der Waals surface area contributed by atoms with E-state index in [0.717, 1.165) is 43.5 Å². The summed E-state index contributed by atoms with van der Waals surface area (Å²) in [4.78, 5) is 7.41. The fourth-order valence-corrected chi connectivity index (χ4v) is 3.63. The lowest BCUT2D eigenvalue weighted by Gasteiger charge is -2.31. The van der Waals surface area contributed by atoms with Crippen LogP contribution in [0, 0.1) is 5.92 Å². The number of hydrogen-bond acceptors (Lipinski definition) is 4. The van der Waals surface area contributed by atoms with Gasteiger partial charge >= 0.3 is 0 Å². The Balaban J connectivity index is 0.00000420. The van der Waals surface area contributed by atoms with Crippen molar-refractivity contribution in [3.8, 4) is 11.5 Å². The van der Waals surface area contributed by atoms with E-state index >= 15 is 0 Å². The fraction of sp³-hybridized carbons (Fsp3) is 0.682. The second kappa shape index (κ2) is 14.7. The first-order valence-electron chi connectivity index (χ1n) is 10.7. The normalized spacial score (nSPS) is 15.5. The van der Waals surface area contributed by atoms with Crippen LogP contribution in [0.15, 0.2) is 23.2 Å². The largest absolute Gasteiger partial charge is 0.493 e. The first-order valence-corrected chi connectivity index (χ1v) is 10.7. The van der Waals surface area contributed by atoms with Crippen molar-refractivity contribution in [3.63, 3.8) is 0 Å². The van der Waals surface area contributed by atoms with Crippen LogP contribution in [0.25, 0.3) is 0 Å². The molecule has 1 aliphatic rings. The SMILES string of the molecule is CCCN1CCC(CN=C(NCC)NCCc2ccc(OC)c(OC)c2)CC1.I. The molecule has 0 saturated carbocycles. The lowest BCUT2D eigenvalue weighted by atomic mass is 9.97. The van der Waals surface area contributed by atoms with Crippen LogP contribution >= 0.6 is 24.0 Å². The van der Waals surface area contributed by atoms with E-state index in [2.05, 4.69) is 35.4 Å². The third-order valence-corrected chi connectivity index (χ3v) is 5.25. The number of piperidine rings is 1. The number of ether oxygens (including phenoxy) is 2. The molecule has 1 aromatic carbocycles. The molecule has 6 nitrogen and oxygen atoms in total. The molecular formula is C22H39IN4O2. The van der Waals surface area contributed by atoms with Crippen LogP contribution in [0.5, 0.6) is 11.5 Å². The van der Waals surface area contributed by atoms with Gasteiger partial charge in [-0.3, -0.25) is 4.99 Å². The van der Waals surface area contributed by atoms with Gasteiger partial charge in [-0.05, 0) is 75.9 Å². The highest BCUT2D eigenvalue weighted by molar-refractivity contribution is 14.0. The van der Waals surface area contributed by atoms with Crippen LogP contribution < -0.4 is 20.1 Å². The van der Waals surface area contributed by atoms with Gasteiger partial charge in [0.15, 0.2) is 17.5 Å². The van der Waals surface area contributed by atoms with E-state index in [1.54, 1.807) is 14.2 Å². The number of aliphatic imine (C=N–C) groups is 1. The summed E-state index contributed by atoms with van der Waals surface area (Å²) < 4.78 is 10.7. The summed E-state index contributed by atoms with van der Waals surface area (Å²) in [7, 11) is 3.33. The molecule has 1 aliphatic heterocycles. The van der Waals surface area contributed by atoms with Gasteiger partial charge in [-0.2, -0.15) is 0 Å². The summed E-state index contributed by atoms with van der Waals surface area (Å²) in [5, 5.41) is 6.82. The molecule has 0 unspecified atom stereocenters. The van der Waals surface area contributed by atoms with Crippen LogP contribution in [0.3, 0.4) is 0 Å². The molecule has 1 saturated heterocycles. The molecule has 0 aromatic heterocycles. The maximum atomic E-state index is 5.39. The Morgan fingerprint density at radius 3 is 2.45 bits per heavy atom. The van der Waals surface area contributed by atoms with Gasteiger partial charge in [0, 0.05) is 19.6 Å². The molecule has 166 valence electrons. The maximum Gasteiger partial charge on any atom is 0.191 e. The van der Waals surface area contributed by atoms with E-state index in [1.807, 2.05) is 12.1 Å². The minimum Gasteiger partial charge on any atom is -0.493 e. The highest BCUT2D eigenvalue weighted by Gasteiger charge is 2.18. The number of nitrogens with one attached hydrogen (secondary N) is 2. The van der Waals surface area contributed by atoms with Crippen LogP contribution in [0.1, 0.15) is 38.7 Å². The number of halogens is 1. The van der Waals surface area contributed by atoms with E-state index in [-0.39, 0.29) is 24.0 Å². The minimum absolute atomic E-state index is 0. The van der Waals surface area contributed by atoms with Gasteiger partial charge in [0.05, 0.1) is 14.2 Å². The number of guanidine groups is 1. The van der Waals surface area contributed by atoms with E-state index < -0.39 is 0 Å². The second-order valence-corrected chi connectivity index (χ2v) is 7.37. The third-order valence-electron chi connectivity index (χ3n) is 5.25. The van der Waals surface area contributed by atoms with Crippen molar-refractivity contribution < 1.29 is 9.47 Å². The standard InChI is InChI=1S/C22H38N4O2.HI/c1-5-13-26-14-10-19(11-15-26)17-25-22(23-6-2)24-12-9-18-7-8-20(27-3)21(16-18)28-4;/h7-8,16,19H,5-6,9-15,17H2,1-4H3,(H2,23,24,25);1H. The molecule has 0 atom stereocenters. The first-order chi connectivity index (χ1) is 13.7. The number of rotatable bonds is 10. The molecule has 1 fully saturated rings. The Bertz CT molecular complexity index is 604. The zero-order chi connectivity index (χ0) is 20.2. The van der Waals surface area contributed by atoms with E-state index in [0.29, 0.717) is 5.92 Å². The lowest BCUT2D eigenvalue weighted by molar-refractivity contribution is 0.188. The Morgan fingerprint density at radius 1 is 1.10 bits per heavy atom. The predicted molar refractivity (Wildman–Crippen MR) is 132 cm³/mol. The maximum absolute atomic E-state index is 5.39. The lowest BCUT2D eigenvalue weighted by Crippen LogP contribution is -2.39. The van der Waals surface area contributed by atoms with Crippen LogP contribution in [0.4, 0.5) is 0 Å². The molecule has 7 heteroatoms. The monoisotopic (exact) mass is 518 g/mol. The minimum atomic E-state index is 0. The number of likely N-dealkylation sites (tertiary alicyclic amines) is 1. The molecule has 2 rings (SSSR count). The van der Waals surface area contributed by atoms with Crippen molar-refractivity contribution in [2.75, 3.05) is 53.5 Å². The van der Waals surface area contributed by atoms with Crippen molar-refractivity contribution in [2.45, 2.75) is 39.5 Å². The number of methoxy groups -OCH3 is 2. The average Bonchev–Trinajstić information content (AvgIpc) is 2.73. The summed E-state index contributed by atoms with van der Waals surface area (Å²) in [6.45, 7) is 10.6. The van der Waals surface area contributed by atoms with Crippen LogP contribution in [-0.4, -0.2) is 64.3 Å². The highest BCUT2D eigenvalue weighted by atomic mass is 127. The molecule has 2 N–H and O–H groups in total. The first kappa shape index (κ1) is 25.8. The Labute approximate surface area is 193 Å². The average molecular weight is 518 g/mol. The molecule has 0 spiro atoms. The van der Waals surface area contributed by atoms with Gasteiger partial charge in [-0.15, -0.1) is 24.0 Å². The quantitative estimate of drug-likeness (QED) is 0.282. The van der Waals surface area contributed by atoms with Gasteiger partial charge in [-0.1, -0.05) is 13.0 Å². The van der Waals surface area contributed by atoms with Crippen molar-refractivity contribution in [3.05, 3.63) is 23.8 Å². The fourth-order valence-electron chi connectivity index (χ4n) is 3.63. The smallest absolute Gasteiger partial charge is 0.191 e. The van der Waals surface area contributed by atoms with Gasteiger partial charge in [0.2, 0.25) is 0 Å². The Hall–Kier alpha value is -1.22. The molecule has 1 aromatic rings. The summed E-state index contributed by atoms with van der Waals surface area (Å²) in [5.41, 5.74) is 1.21. The number of nitrogens with zero attached hydrogens (tertiary/aromatic N) is 2. The molecule has 29 heavy (non-hydrogen) atoms.